The van der Waals surface area contributed by atoms with E-state index in [2.05, 4.69) is 32.1 Å². The van der Waals surface area contributed by atoms with Gasteiger partial charge in [-0.1, -0.05) is 12.1 Å². The van der Waals surface area contributed by atoms with Crippen LogP contribution in [0.3, 0.4) is 0 Å². The number of nitrogens with one attached hydrogen (secondary N) is 2. The number of hydrogen-bond donors (Lipinski definition) is 2. The van der Waals surface area contributed by atoms with Crippen molar-refractivity contribution in [2.75, 3.05) is 46.3 Å². The van der Waals surface area contributed by atoms with E-state index >= 15 is 0 Å². The van der Waals surface area contributed by atoms with Crippen LogP contribution in [0.1, 0.15) is 17.0 Å². The molecule has 7 heteroatoms. The minimum absolute atomic E-state index is 0.0679. The second kappa shape index (κ2) is 7.55. The summed E-state index contributed by atoms with van der Waals surface area (Å²) < 4.78 is 0. The minimum atomic E-state index is -0.337. The highest BCUT2D eigenvalue weighted by atomic mass is 16.2. The van der Waals surface area contributed by atoms with Crippen LogP contribution in [0.2, 0.25) is 0 Å². The maximum Gasteiger partial charge on any atom is 0.287 e. The van der Waals surface area contributed by atoms with Crippen LogP contribution < -0.4 is 10.9 Å². The van der Waals surface area contributed by atoms with E-state index in [0.29, 0.717) is 17.4 Å². The van der Waals surface area contributed by atoms with Gasteiger partial charge in [-0.2, -0.15) is 0 Å². The summed E-state index contributed by atoms with van der Waals surface area (Å²) >= 11 is 0. The Morgan fingerprint density at radius 1 is 1.25 bits per heavy atom. The Balaban J connectivity index is 1.51. The molecule has 0 atom stereocenters. The number of benzene rings is 1. The molecule has 1 aliphatic rings. The predicted octanol–water partition coefficient (Wildman–Crippen LogP) is 0.290. The summed E-state index contributed by atoms with van der Waals surface area (Å²) in [6, 6.07) is 7.00. The molecule has 0 saturated carbocycles. The second-order valence-electron chi connectivity index (χ2n) is 6.19. The summed E-state index contributed by atoms with van der Waals surface area (Å²) in [5, 5.41) is 3.32. The molecule has 0 aliphatic carbocycles. The number of hydrogen-bond acceptors (Lipinski definition) is 5. The number of H-pyrrole nitrogens is 1. The van der Waals surface area contributed by atoms with Crippen molar-refractivity contribution in [1.29, 1.82) is 0 Å². The van der Waals surface area contributed by atoms with Gasteiger partial charge in [0.25, 0.3) is 11.5 Å². The zero-order chi connectivity index (χ0) is 16.9. The molecule has 2 aromatic rings. The molecule has 2 heterocycles. The summed E-state index contributed by atoms with van der Waals surface area (Å²) in [4.78, 5) is 35.7. The van der Waals surface area contributed by atoms with E-state index in [9.17, 15) is 9.59 Å². The number of amides is 1. The molecule has 1 aliphatic heterocycles. The third kappa shape index (κ3) is 3.98. The summed E-state index contributed by atoms with van der Waals surface area (Å²) in [5.41, 5.74) is 0.243. The Labute approximate surface area is 140 Å². The lowest BCUT2D eigenvalue weighted by atomic mass is 10.2. The molecule has 0 radical (unpaired) electrons. The highest BCUT2D eigenvalue weighted by Crippen LogP contribution is 2.05. The number of para-hydroxylation sites is 1. The number of nitrogens with zero attached hydrogens (tertiary/aromatic N) is 3. The number of aromatic nitrogens is 2. The SMILES string of the molecule is CN1CCN(CCCNC(=O)c2nc3ccccc3c(=O)[nH]2)CC1. The number of fused-ring (bicyclic) bond motifs is 1. The van der Waals surface area contributed by atoms with E-state index in [0.717, 1.165) is 39.1 Å². The standard InChI is InChI=1S/C17H23N5O2/c1-21-9-11-22(12-10-21)8-4-7-18-17(24)15-19-14-6-3-2-5-13(14)16(23)20-15/h2-3,5-6H,4,7-12H2,1H3,(H,18,24)(H,19,20,23). The fourth-order valence-corrected chi connectivity index (χ4v) is 2.85. The highest BCUT2D eigenvalue weighted by molar-refractivity contribution is 5.92. The van der Waals surface area contributed by atoms with Crippen molar-refractivity contribution in [2.45, 2.75) is 6.42 Å². The number of carbonyl (C=O) groups excluding carboxylic acids is 1. The first-order valence-corrected chi connectivity index (χ1v) is 8.31. The van der Waals surface area contributed by atoms with Crippen LogP contribution in [-0.4, -0.2) is 72.0 Å². The third-order valence-electron chi connectivity index (χ3n) is 4.36. The topological polar surface area (TPSA) is 81.3 Å². The third-order valence-corrected chi connectivity index (χ3v) is 4.36. The number of aromatic amines is 1. The van der Waals surface area contributed by atoms with Gasteiger partial charge in [0, 0.05) is 32.7 Å². The van der Waals surface area contributed by atoms with Crippen LogP contribution in [-0.2, 0) is 0 Å². The molecule has 7 nitrogen and oxygen atoms in total. The fraction of sp³-hybridized carbons (Fsp3) is 0.471. The maximum atomic E-state index is 12.2. The average molecular weight is 329 g/mol. The van der Waals surface area contributed by atoms with Gasteiger partial charge in [0.2, 0.25) is 0 Å². The monoisotopic (exact) mass is 329 g/mol. The quantitative estimate of drug-likeness (QED) is 0.771. The molecule has 1 saturated heterocycles. The van der Waals surface area contributed by atoms with E-state index in [1.807, 2.05) is 0 Å². The van der Waals surface area contributed by atoms with Gasteiger partial charge in [-0.3, -0.25) is 9.59 Å². The number of likely N-dealkylation sites (N-methyl/N-ethyl adjacent to an activating group) is 1. The summed E-state index contributed by atoms with van der Waals surface area (Å²) in [7, 11) is 2.13. The molecule has 1 aromatic carbocycles. The number of piperazine rings is 1. The summed E-state index contributed by atoms with van der Waals surface area (Å²) in [6.07, 6.45) is 0.882. The Morgan fingerprint density at radius 3 is 2.79 bits per heavy atom. The van der Waals surface area contributed by atoms with Crippen molar-refractivity contribution < 1.29 is 4.79 Å². The Morgan fingerprint density at radius 2 is 2.00 bits per heavy atom. The van der Waals surface area contributed by atoms with Crippen LogP contribution in [0.4, 0.5) is 0 Å². The van der Waals surface area contributed by atoms with Gasteiger partial charge in [-0.25, -0.2) is 4.98 Å². The maximum absolute atomic E-state index is 12.2. The Hall–Kier alpha value is -2.25. The Bertz CT molecular complexity index is 765. The number of carbonyl (C=O) groups is 1. The van der Waals surface area contributed by atoms with Crippen molar-refractivity contribution in [3.8, 4) is 0 Å². The molecule has 0 unspecified atom stereocenters. The molecule has 1 amide bonds. The lowest BCUT2D eigenvalue weighted by Gasteiger charge is -2.32. The highest BCUT2D eigenvalue weighted by Gasteiger charge is 2.14. The average Bonchev–Trinajstić information content (AvgIpc) is 2.60. The molecule has 1 fully saturated rings. The summed E-state index contributed by atoms with van der Waals surface area (Å²) in [5.74, 6) is -0.269. The molecule has 2 N–H and O–H groups in total. The minimum Gasteiger partial charge on any atom is -0.349 e. The molecule has 3 rings (SSSR count). The molecule has 1 aromatic heterocycles. The van der Waals surface area contributed by atoms with E-state index in [4.69, 9.17) is 0 Å². The first kappa shape index (κ1) is 16.6. The Kier molecular flexibility index (Phi) is 5.22. The van der Waals surface area contributed by atoms with Crippen molar-refractivity contribution in [2.24, 2.45) is 0 Å². The fourth-order valence-electron chi connectivity index (χ4n) is 2.85. The largest absolute Gasteiger partial charge is 0.349 e. The van der Waals surface area contributed by atoms with E-state index in [1.54, 1.807) is 24.3 Å². The van der Waals surface area contributed by atoms with Crippen molar-refractivity contribution in [3.63, 3.8) is 0 Å². The van der Waals surface area contributed by atoms with Crippen LogP contribution in [0.15, 0.2) is 29.1 Å². The predicted molar refractivity (Wildman–Crippen MR) is 93.3 cm³/mol. The van der Waals surface area contributed by atoms with Gasteiger partial charge in [-0.15, -0.1) is 0 Å². The van der Waals surface area contributed by atoms with Crippen LogP contribution >= 0.6 is 0 Å². The lowest BCUT2D eigenvalue weighted by Crippen LogP contribution is -2.45. The van der Waals surface area contributed by atoms with Gasteiger partial charge in [0.15, 0.2) is 5.82 Å². The second-order valence-corrected chi connectivity index (χ2v) is 6.19. The first-order valence-electron chi connectivity index (χ1n) is 8.31. The molecule has 128 valence electrons. The summed E-state index contributed by atoms with van der Waals surface area (Å²) in [6.45, 7) is 5.87. The zero-order valence-corrected chi connectivity index (χ0v) is 13.9. The van der Waals surface area contributed by atoms with Crippen LogP contribution in [0.5, 0.6) is 0 Å². The van der Waals surface area contributed by atoms with Crippen molar-refractivity contribution in [3.05, 3.63) is 40.4 Å². The van der Waals surface area contributed by atoms with E-state index < -0.39 is 0 Å². The van der Waals surface area contributed by atoms with Gasteiger partial charge >= 0.3 is 0 Å². The van der Waals surface area contributed by atoms with Crippen molar-refractivity contribution in [1.82, 2.24) is 25.1 Å². The van der Waals surface area contributed by atoms with Crippen molar-refractivity contribution >= 4 is 16.8 Å². The first-order chi connectivity index (χ1) is 11.6. The molecule has 24 heavy (non-hydrogen) atoms. The van der Waals surface area contributed by atoms with Crippen LogP contribution in [0.25, 0.3) is 10.9 Å². The molecule has 0 bridgehead atoms. The van der Waals surface area contributed by atoms with Gasteiger partial charge < -0.3 is 20.1 Å². The van der Waals surface area contributed by atoms with Gasteiger partial charge in [0.1, 0.15) is 0 Å². The molecular formula is C17H23N5O2. The van der Waals surface area contributed by atoms with E-state index in [-0.39, 0.29) is 17.3 Å². The van der Waals surface area contributed by atoms with E-state index in [1.165, 1.54) is 0 Å². The van der Waals surface area contributed by atoms with Gasteiger partial charge in [-0.05, 0) is 32.1 Å². The smallest absolute Gasteiger partial charge is 0.287 e. The molecule has 0 spiro atoms. The lowest BCUT2D eigenvalue weighted by molar-refractivity contribution is 0.0939. The van der Waals surface area contributed by atoms with Crippen LogP contribution in [0, 0.1) is 0 Å². The number of rotatable bonds is 5. The van der Waals surface area contributed by atoms with Gasteiger partial charge in [0.05, 0.1) is 10.9 Å². The zero-order valence-electron chi connectivity index (χ0n) is 13.9. The normalized spacial score (nSPS) is 16.4. The molecular weight excluding hydrogens is 306 g/mol.